The van der Waals surface area contributed by atoms with E-state index in [0.717, 1.165) is 50.3 Å². The van der Waals surface area contributed by atoms with Crippen LogP contribution in [0.3, 0.4) is 0 Å². The lowest BCUT2D eigenvalue weighted by Crippen LogP contribution is -2.47. The first-order chi connectivity index (χ1) is 24.9. The standard InChI is InChI=1S/C18H28N6OP.6BF4/c1-2-10-18-17(9-1)19-20-24(18)25-26(21-11-3-4-12-21,22-13-5-6-14-22)23-15-7-8-16-23;6*2-1(3,4)5/h1-2,9-10H,3-8,11-16H2;;;;;;/q+1;6*-1. The fourth-order valence-corrected chi connectivity index (χ4v) is 8.71. The summed E-state index contributed by atoms with van der Waals surface area (Å²) in [5.74, 6) is 0. The number of hydrogen-bond acceptors (Lipinski definition) is 6. The van der Waals surface area contributed by atoms with Gasteiger partial charge in [0.2, 0.25) is 0 Å². The number of hydrogen-bond donors (Lipinski definition) is 0. The van der Waals surface area contributed by atoms with Gasteiger partial charge in [-0.3, -0.25) is 0 Å². The van der Waals surface area contributed by atoms with Gasteiger partial charge in [-0.25, -0.2) is 0 Å². The molecule has 38 heteroatoms. The van der Waals surface area contributed by atoms with Crippen LogP contribution in [0, 0.1) is 0 Å². The Balaban J connectivity index is 0. The number of nitrogens with zero attached hydrogens (tertiary/aromatic N) is 6. The number of rotatable bonds is 5. The third kappa shape index (κ3) is 34.7. The van der Waals surface area contributed by atoms with Crippen molar-refractivity contribution in [2.45, 2.75) is 38.5 Å². The fraction of sp³-hybridized carbons (Fsp3) is 0.667. The van der Waals surface area contributed by atoms with Gasteiger partial charge in [0.15, 0.2) is 0 Å². The van der Waals surface area contributed by atoms with Crippen LogP contribution in [0.2, 0.25) is 0 Å². The van der Waals surface area contributed by atoms with Crippen molar-refractivity contribution >= 4 is 62.5 Å². The van der Waals surface area contributed by atoms with Gasteiger partial charge in [0.25, 0.3) is 0 Å². The van der Waals surface area contributed by atoms with E-state index < -0.39 is 51.5 Å². The van der Waals surface area contributed by atoms with Gasteiger partial charge in [0.05, 0.1) is 0 Å². The van der Waals surface area contributed by atoms with Crippen LogP contribution in [0.5, 0.6) is 0 Å². The van der Waals surface area contributed by atoms with Gasteiger partial charge < -0.3 is 104 Å². The second kappa shape index (κ2) is 23.7. The molecule has 0 N–H and O–H groups in total. The number of halogens is 24. The zero-order chi connectivity index (χ0) is 44.4. The molecule has 0 saturated carbocycles. The third-order valence-electron chi connectivity index (χ3n) is 5.86. The molecule has 0 unspecified atom stereocenters. The highest BCUT2D eigenvalue weighted by Gasteiger charge is 2.64. The Morgan fingerprint density at radius 1 is 0.411 bits per heavy atom. The fourth-order valence-electron chi connectivity index (χ4n) is 4.59. The van der Waals surface area contributed by atoms with E-state index in [1.807, 2.05) is 18.2 Å². The minimum Gasteiger partial charge on any atom is -0.418 e. The summed E-state index contributed by atoms with van der Waals surface area (Å²) in [7, 11) is -38.1. The Labute approximate surface area is 302 Å². The number of para-hydroxylation sites is 1. The van der Waals surface area contributed by atoms with E-state index in [1.165, 1.54) is 38.5 Å². The largest absolute Gasteiger partial charge is 0.673 e. The molecule has 2 aromatic rings. The van der Waals surface area contributed by atoms with E-state index in [2.05, 4.69) is 30.4 Å². The van der Waals surface area contributed by atoms with Gasteiger partial charge >= 0.3 is 51.5 Å². The Morgan fingerprint density at radius 3 is 0.893 bits per heavy atom. The summed E-state index contributed by atoms with van der Waals surface area (Å²) in [5.41, 5.74) is 1.87. The molecule has 0 spiro atoms. The first-order valence-electron chi connectivity index (χ1n) is 15.3. The van der Waals surface area contributed by atoms with Crippen LogP contribution in [-0.2, 0) is 0 Å². The average Bonchev–Trinajstić information content (AvgIpc) is 3.75. The van der Waals surface area contributed by atoms with Crippen molar-refractivity contribution in [3.8, 4) is 0 Å². The Bertz CT molecular complexity index is 1160. The SMILES string of the molecule is F[B-](F)(F)F.F[B-](F)(F)F.F[B-](F)(F)F.F[B-](F)(F)F.F[B-](F)(F)F.F[B-](F)(F)F.c1ccc2c(c1)nnn2O[P+](N1CCCC1)(N1CCCC1)N1CCCC1. The van der Waals surface area contributed by atoms with Gasteiger partial charge in [-0.2, -0.15) is 4.62 Å². The Morgan fingerprint density at radius 2 is 0.643 bits per heavy atom. The Hall–Kier alpha value is -2.56. The second-order valence-corrected chi connectivity index (χ2v) is 13.4. The first-order valence-corrected chi connectivity index (χ1v) is 16.8. The molecular weight excluding hydrogens is 868 g/mol. The molecule has 3 saturated heterocycles. The molecule has 4 heterocycles. The predicted octanol–water partition coefficient (Wildman–Crippen LogP) is 10.6. The van der Waals surface area contributed by atoms with Gasteiger partial charge in [-0.1, -0.05) is 12.1 Å². The lowest BCUT2D eigenvalue weighted by Gasteiger charge is -2.39. The molecule has 0 amide bonds. The van der Waals surface area contributed by atoms with Crippen LogP contribution < -0.4 is 4.62 Å². The normalized spacial score (nSPS) is 17.3. The third-order valence-corrected chi connectivity index (χ3v) is 9.65. The molecule has 1 aromatic carbocycles. The van der Waals surface area contributed by atoms with E-state index in [0.29, 0.717) is 0 Å². The molecule has 5 rings (SSSR count). The maximum atomic E-state index is 9.75. The number of aromatic nitrogens is 3. The smallest absolute Gasteiger partial charge is 0.418 e. The molecule has 56 heavy (non-hydrogen) atoms. The molecule has 3 aliphatic rings. The van der Waals surface area contributed by atoms with Crippen LogP contribution in [0.15, 0.2) is 24.3 Å². The molecular formula is C18H28B6F24N6OP-5. The summed E-state index contributed by atoms with van der Waals surface area (Å²) >= 11 is 0. The lowest BCUT2D eigenvalue weighted by molar-refractivity contribution is 0.169. The van der Waals surface area contributed by atoms with Crippen LogP contribution in [0.25, 0.3) is 11.0 Å². The number of fused-ring (bicyclic) bond motifs is 1. The monoisotopic (exact) mass is 897 g/mol. The second-order valence-electron chi connectivity index (χ2n) is 10.5. The summed E-state index contributed by atoms with van der Waals surface area (Å²) in [6.07, 6.45) is 7.61. The highest BCUT2D eigenvalue weighted by molar-refractivity contribution is 7.64. The van der Waals surface area contributed by atoms with Gasteiger partial charge in [0, 0.05) is 39.3 Å². The average molecular weight is 896 g/mol. The number of benzene rings is 1. The first kappa shape index (κ1) is 55.5. The van der Waals surface area contributed by atoms with Gasteiger partial charge in [0.1, 0.15) is 11.0 Å². The molecule has 1 aromatic heterocycles. The van der Waals surface area contributed by atoms with Crippen molar-refractivity contribution in [2.24, 2.45) is 0 Å². The molecule has 3 fully saturated rings. The topological polar surface area (TPSA) is 49.7 Å². The van der Waals surface area contributed by atoms with E-state index >= 15 is 0 Å². The minimum atomic E-state index is -6.00. The van der Waals surface area contributed by atoms with Crippen LogP contribution in [0.4, 0.5) is 104 Å². The van der Waals surface area contributed by atoms with E-state index in [4.69, 9.17) is 4.62 Å². The van der Waals surface area contributed by atoms with Crippen LogP contribution in [-0.4, -0.2) is 112 Å². The molecule has 0 atom stereocenters. The van der Waals surface area contributed by atoms with Crippen LogP contribution in [0.1, 0.15) is 38.5 Å². The van der Waals surface area contributed by atoms with Gasteiger partial charge in [-0.05, 0) is 60.7 Å². The van der Waals surface area contributed by atoms with Crippen molar-refractivity contribution in [3.63, 3.8) is 0 Å². The van der Waals surface area contributed by atoms with Crippen molar-refractivity contribution in [1.82, 2.24) is 29.2 Å². The maximum Gasteiger partial charge on any atom is 0.673 e. The maximum absolute atomic E-state index is 9.75. The Kier molecular flexibility index (Phi) is 23.6. The van der Waals surface area contributed by atoms with Crippen molar-refractivity contribution in [3.05, 3.63) is 24.3 Å². The van der Waals surface area contributed by atoms with E-state index in [1.54, 1.807) is 4.85 Å². The molecule has 0 bridgehead atoms. The molecule has 332 valence electrons. The molecule has 7 nitrogen and oxygen atoms in total. The summed E-state index contributed by atoms with van der Waals surface area (Å²) in [4.78, 5) is 1.72. The highest BCUT2D eigenvalue weighted by atomic mass is 31.2. The van der Waals surface area contributed by atoms with Crippen LogP contribution >= 0.6 is 7.94 Å². The predicted molar refractivity (Wildman–Crippen MR) is 165 cm³/mol. The van der Waals surface area contributed by atoms with Crippen molar-refractivity contribution in [2.75, 3.05) is 39.3 Å². The van der Waals surface area contributed by atoms with Gasteiger partial charge in [-0.15, -0.1) is 19.1 Å². The molecule has 0 aliphatic carbocycles. The van der Waals surface area contributed by atoms with E-state index in [-0.39, 0.29) is 0 Å². The van der Waals surface area contributed by atoms with Crippen molar-refractivity contribution < 1.29 is 108 Å². The summed E-state index contributed by atoms with van der Waals surface area (Å²) in [5, 5.41) is 8.72. The summed E-state index contributed by atoms with van der Waals surface area (Å²) in [6, 6.07) is 8.10. The van der Waals surface area contributed by atoms with Crippen molar-refractivity contribution in [1.29, 1.82) is 0 Å². The zero-order valence-corrected chi connectivity index (χ0v) is 28.8. The molecule has 0 radical (unpaired) electrons. The lowest BCUT2D eigenvalue weighted by atomic mass is 10.3. The summed E-state index contributed by atoms with van der Waals surface area (Å²) < 4.78 is 249. The molecule has 3 aliphatic heterocycles. The minimum absolute atomic E-state index is 0.898. The summed E-state index contributed by atoms with van der Waals surface area (Å²) in [6.45, 7) is 6.79. The van der Waals surface area contributed by atoms with E-state index in [9.17, 15) is 104 Å². The zero-order valence-electron chi connectivity index (χ0n) is 27.9. The quantitative estimate of drug-likeness (QED) is 0.169. The highest BCUT2D eigenvalue weighted by Crippen LogP contribution is 2.68.